The number of amides is 2. The van der Waals surface area contributed by atoms with Gasteiger partial charge < -0.3 is 14.9 Å². The zero-order valence-electron chi connectivity index (χ0n) is 14.0. The molecular weight excluding hydrogens is 308 g/mol. The monoisotopic (exact) mass is 332 g/mol. The van der Waals surface area contributed by atoms with Gasteiger partial charge in [0, 0.05) is 39.0 Å². The third kappa shape index (κ3) is 4.81. The van der Waals surface area contributed by atoms with E-state index in [1.54, 1.807) is 9.80 Å². The highest BCUT2D eigenvalue weighted by Gasteiger charge is 2.35. The Kier molecular flexibility index (Phi) is 6.35. The first-order valence-corrected chi connectivity index (χ1v) is 8.33. The molecule has 24 heavy (non-hydrogen) atoms. The van der Waals surface area contributed by atoms with Gasteiger partial charge in [0.05, 0.1) is 5.92 Å². The van der Waals surface area contributed by atoms with E-state index in [-0.39, 0.29) is 30.6 Å². The molecule has 1 aromatic rings. The quantitative estimate of drug-likeness (QED) is 0.787. The van der Waals surface area contributed by atoms with E-state index in [2.05, 4.69) is 0 Å². The Morgan fingerprint density at radius 1 is 1.29 bits per heavy atom. The van der Waals surface area contributed by atoms with E-state index in [0.29, 0.717) is 32.6 Å². The number of hydrogen-bond donors (Lipinski definition) is 1. The van der Waals surface area contributed by atoms with Crippen molar-refractivity contribution in [3.63, 3.8) is 0 Å². The highest BCUT2D eigenvalue weighted by atomic mass is 16.4. The van der Waals surface area contributed by atoms with E-state index in [0.717, 1.165) is 5.56 Å². The molecule has 1 heterocycles. The minimum absolute atomic E-state index is 0.0149. The number of carbonyl (C=O) groups excluding carboxylic acids is 2. The molecule has 2 rings (SSSR count). The molecule has 1 aliphatic heterocycles. The van der Waals surface area contributed by atoms with Gasteiger partial charge in [-0.2, -0.15) is 0 Å². The van der Waals surface area contributed by atoms with Gasteiger partial charge in [0.1, 0.15) is 0 Å². The molecular formula is C18H24N2O4. The third-order valence-corrected chi connectivity index (χ3v) is 4.29. The fourth-order valence-electron chi connectivity index (χ4n) is 2.99. The van der Waals surface area contributed by atoms with Gasteiger partial charge in [-0.1, -0.05) is 30.3 Å². The van der Waals surface area contributed by atoms with Crippen molar-refractivity contribution in [3.8, 4) is 0 Å². The average molecular weight is 332 g/mol. The molecule has 1 saturated heterocycles. The first-order chi connectivity index (χ1) is 11.5. The summed E-state index contributed by atoms with van der Waals surface area (Å²) in [7, 11) is 0. The summed E-state index contributed by atoms with van der Waals surface area (Å²) in [5, 5.41) is 8.81. The van der Waals surface area contributed by atoms with Gasteiger partial charge in [-0.3, -0.25) is 14.4 Å². The van der Waals surface area contributed by atoms with Crippen LogP contribution in [0.15, 0.2) is 30.3 Å². The molecule has 0 saturated carbocycles. The van der Waals surface area contributed by atoms with Crippen LogP contribution >= 0.6 is 0 Å². The van der Waals surface area contributed by atoms with Gasteiger partial charge in [0.25, 0.3) is 0 Å². The summed E-state index contributed by atoms with van der Waals surface area (Å²) in [6.07, 6.45) is 0.687. The molecule has 130 valence electrons. The second-order valence-electron chi connectivity index (χ2n) is 6.08. The van der Waals surface area contributed by atoms with Gasteiger partial charge in [-0.25, -0.2) is 0 Å². The lowest BCUT2D eigenvalue weighted by Crippen LogP contribution is -2.38. The van der Waals surface area contributed by atoms with Crippen molar-refractivity contribution >= 4 is 17.8 Å². The molecule has 1 atom stereocenters. The number of aliphatic carboxylic acids is 1. The van der Waals surface area contributed by atoms with Crippen LogP contribution in [-0.2, 0) is 20.9 Å². The van der Waals surface area contributed by atoms with Gasteiger partial charge in [-0.15, -0.1) is 0 Å². The molecule has 0 bridgehead atoms. The van der Waals surface area contributed by atoms with Crippen molar-refractivity contribution < 1.29 is 19.5 Å². The van der Waals surface area contributed by atoms with Crippen molar-refractivity contribution in [3.05, 3.63) is 35.9 Å². The average Bonchev–Trinajstić information content (AvgIpc) is 2.95. The van der Waals surface area contributed by atoms with E-state index < -0.39 is 5.97 Å². The molecule has 6 nitrogen and oxygen atoms in total. The summed E-state index contributed by atoms with van der Waals surface area (Å²) in [6, 6.07) is 9.61. The van der Waals surface area contributed by atoms with Gasteiger partial charge in [0.2, 0.25) is 11.8 Å². The Morgan fingerprint density at radius 2 is 2.00 bits per heavy atom. The summed E-state index contributed by atoms with van der Waals surface area (Å²) < 4.78 is 0. The Morgan fingerprint density at radius 3 is 2.58 bits per heavy atom. The molecule has 1 aliphatic rings. The van der Waals surface area contributed by atoms with E-state index in [9.17, 15) is 14.4 Å². The largest absolute Gasteiger partial charge is 0.481 e. The number of hydrogen-bond acceptors (Lipinski definition) is 3. The second-order valence-corrected chi connectivity index (χ2v) is 6.08. The maximum absolute atomic E-state index is 12.8. The van der Waals surface area contributed by atoms with Crippen LogP contribution in [0, 0.1) is 5.92 Å². The maximum atomic E-state index is 12.8. The van der Waals surface area contributed by atoms with Crippen molar-refractivity contribution in [2.24, 2.45) is 5.92 Å². The van der Waals surface area contributed by atoms with Crippen LogP contribution < -0.4 is 0 Å². The third-order valence-electron chi connectivity index (χ3n) is 4.29. The van der Waals surface area contributed by atoms with E-state index in [1.165, 1.54) is 0 Å². The fourth-order valence-corrected chi connectivity index (χ4v) is 2.99. The van der Waals surface area contributed by atoms with E-state index >= 15 is 0 Å². The minimum Gasteiger partial charge on any atom is -0.481 e. The zero-order chi connectivity index (χ0) is 17.5. The second kappa shape index (κ2) is 8.47. The Bertz CT molecular complexity index is 588. The number of nitrogens with zero attached hydrogens (tertiary/aromatic N) is 2. The molecule has 0 radical (unpaired) electrons. The van der Waals surface area contributed by atoms with Gasteiger partial charge >= 0.3 is 5.97 Å². The highest BCUT2D eigenvalue weighted by molar-refractivity contribution is 5.89. The number of carbonyl (C=O) groups is 3. The van der Waals surface area contributed by atoms with E-state index in [4.69, 9.17) is 5.11 Å². The maximum Gasteiger partial charge on any atom is 0.303 e. The Labute approximate surface area is 142 Å². The van der Waals surface area contributed by atoms with E-state index in [1.807, 2.05) is 37.3 Å². The van der Waals surface area contributed by atoms with Crippen LogP contribution in [0.4, 0.5) is 0 Å². The predicted molar refractivity (Wildman–Crippen MR) is 89.1 cm³/mol. The molecule has 6 heteroatoms. The first kappa shape index (κ1) is 18.0. The first-order valence-electron chi connectivity index (χ1n) is 8.33. The Balaban J connectivity index is 2.04. The van der Waals surface area contributed by atoms with Gasteiger partial charge in [0.15, 0.2) is 0 Å². The molecule has 1 aromatic carbocycles. The molecule has 0 spiro atoms. The van der Waals surface area contributed by atoms with Crippen LogP contribution in [0.1, 0.15) is 31.7 Å². The van der Waals surface area contributed by atoms with Crippen LogP contribution in [0.5, 0.6) is 0 Å². The number of carboxylic acid groups (broad SMARTS) is 1. The summed E-state index contributed by atoms with van der Waals surface area (Å²) >= 11 is 0. The van der Waals surface area contributed by atoms with Crippen molar-refractivity contribution in [2.75, 3.05) is 19.6 Å². The minimum atomic E-state index is -0.865. The van der Waals surface area contributed by atoms with Crippen LogP contribution in [0.2, 0.25) is 0 Å². The van der Waals surface area contributed by atoms with Crippen LogP contribution in [0.3, 0.4) is 0 Å². The molecule has 1 unspecified atom stereocenters. The van der Waals surface area contributed by atoms with Crippen molar-refractivity contribution in [1.29, 1.82) is 0 Å². The highest BCUT2D eigenvalue weighted by Crippen LogP contribution is 2.21. The standard InChI is InChI=1S/C18H24N2O4/c1-2-19-13-15(11-16(19)21)18(24)20(10-6-9-17(22)23)12-14-7-4-3-5-8-14/h3-5,7-8,15H,2,6,9-13H2,1H3,(H,22,23). The number of likely N-dealkylation sites (tertiary alicyclic amines) is 1. The van der Waals surface area contributed by atoms with Crippen molar-refractivity contribution in [1.82, 2.24) is 9.80 Å². The summed E-state index contributed by atoms with van der Waals surface area (Å²) in [5.41, 5.74) is 0.998. The predicted octanol–water partition coefficient (Wildman–Crippen LogP) is 1.75. The molecule has 2 amide bonds. The Hall–Kier alpha value is -2.37. The van der Waals surface area contributed by atoms with Gasteiger partial charge in [-0.05, 0) is 18.9 Å². The number of carboxylic acids is 1. The SMILES string of the molecule is CCN1CC(C(=O)N(CCCC(=O)O)Cc2ccccc2)CC1=O. The smallest absolute Gasteiger partial charge is 0.303 e. The number of rotatable bonds is 8. The lowest BCUT2D eigenvalue weighted by molar-refractivity contribution is -0.139. The normalized spacial score (nSPS) is 17.1. The lowest BCUT2D eigenvalue weighted by Gasteiger charge is -2.25. The van der Waals surface area contributed by atoms with Crippen molar-refractivity contribution in [2.45, 2.75) is 32.7 Å². The van der Waals surface area contributed by atoms with Crippen LogP contribution in [0.25, 0.3) is 0 Å². The molecule has 1 N–H and O–H groups in total. The lowest BCUT2D eigenvalue weighted by atomic mass is 10.1. The molecule has 0 aromatic heterocycles. The topological polar surface area (TPSA) is 77.9 Å². The summed E-state index contributed by atoms with van der Waals surface area (Å²) in [4.78, 5) is 38.8. The fraction of sp³-hybridized carbons (Fsp3) is 0.500. The number of benzene rings is 1. The molecule has 0 aliphatic carbocycles. The summed E-state index contributed by atoms with van der Waals surface area (Å²) in [6.45, 7) is 3.80. The van der Waals surface area contributed by atoms with Crippen LogP contribution in [-0.4, -0.2) is 52.3 Å². The summed E-state index contributed by atoms with van der Waals surface area (Å²) in [5.74, 6) is -1.24. The molecule has 1 fully saturated rings. The zero-order valence-corrected chi connectivity index (χ0v) is 14.0.